The van der Waals surface area contributed by atoms with Gasteiger partial charge in [-0.15, -0.1) is 0 Å². The third-order valence-electron chi connectivity index (χ3n) is 4.55. The number of benzene rings is 1. The molecule has 2 rings (SSSR count). The van der Waals surface area contributed by atoms with E-state index in [2.05, 4.69) is 27.8 Å². The number of aliphatic hydroxyl groups is 1. The summed E-state index contributed by atoms with van der Waals surface area (Å²) < 4.78 is 11.1. The molecular weight excluding hydrogens is 354 g/mol. The van der Waals surface area contributed by atoms with Crippen molar-refractivity contribution in [1.29, 1.82) is 0 Å². The Hall–Kier alpha value is -2.31. The summed E-state index contributed by atoms with van der Waals surface area (Å²) in [7, 11) is 0. The van der Waals surface area contributed by atoms with Crippen LogP contribution in [0.15, 0.2) is 39.7 Å². The van der Waals surface area contributed by atoms with Crippen LogP contribution in [0.5, 0.6) is 0 Å². The first-order chi connectivity index (χ1) is 13.4. The third kappa shape index (κ3) is 6.11. The van der Waals surface area contributed by atoms with Crippen molar-refractivity contribution >= 4 is 5.96 Å². The number of guanidine groups is 1. The number of furan rings is 1. The second kappa shape index (κ2) is 10.3. The zero-order valence-corrected chi connectivity index (χ0v) is 17.6. The molecule has 0 bridgehead atoms. The van der Waals surface area contributed by atoms with E-state index in [0.29, 0.717) is 32.3 Å². The second-order valence-corrected chi connectivity index (χ2v) is 7.06. The maximum Gasteiger partial charge on any atom is 0.191 e. The van der Waals surface area contributed by atoms with Crippen molar-refractivity contribution in [2.75, 3.05) is 19.7 Å². The van der Waals surface area contributed by atoms with Gasteiger partial charge in [-0.1, -0.05) is 24.3 Å². The molecule has 154 valence electrons. The molecule has 28 heavy (non-hydrogen) atoms. The Balaban J connectivity index is 2.08. The van der Waals surface area contributed by atoms with E-state index in [4.69, 9.17) is 9.15 Å². The SMILES string of the molecule is CCNC(=NCc1ccccc1COCC)NCC(C)(O)c1cc(C)oc1C. The number of hydrogen-bond donors (Lipinski definition) is 3. The van der Waals surface area contributed by atoms with E-state index < -0.39 is 5.60 Å². The lowest BCUT2D eigenvalue weighted by Crippen LogP contribution is -2.44. The fourth-order valence-electron chi connectivity index (χ4n) is 3.09. The number of aryl methyl sites for hydroxylation is 2. The minimum absolute atomic E-state index is 0.319. The molecule has 0 fully saturated rings. The standard InChI is InChI=1S/C22H33N3O3/c1-6-23-21(24-13-18-10-8-9-11-19(18)14-27-7-2)25-15-22(5,26)20-12-16(3)28-17(20)4/h8-12,26H,6-7,13-15H2,1-5H3,(H2,23,24,25). The van der Waals surface area contributed by atoms with Gasteiger partial charge in [0, 0.05) is 18.7 Å². The summed E-state index contributed by atoms with van der Waals surface area (Å²) in [5.74, 6) is 2.18. The van der Waals surface area contributed by atoms with Crippen LogP contribution in [0.25, 0.3) is 0 Å². The molecule has 0 amide bonds. The van der Waals surface area contributed by atoms with Gasteiger partial charge in [-0.2, -0.15) is 0 Å². The Morgan fingerprint density at radius 1 is 1.18 bits per heavy atom. The predicted octanol–water partition coefficient (Wildman–Crippen LogP) is 3.40. The van der Waals surface area contributed by atoms with Gasteiger partial charge in [-0.05, 0) is 51.8 Å². The molecule has 6 nitrogen and oxygen atoms in total. The van der Waals surface area contributed by atoms with Crippen molar-refractivity contribution < 1.29 is 14.3 Å². The van der Waals surface area contributed by atoms with E-state index in [1.165, 1.54) is 0 Å². The molecule has 0 aliphatic heterocycles. The highest BCUT2D eigenvalue weighted by Crippen LogP contribution is 2.26. The molecule has 6 heteroatoms. The summed E-state index contributed by atoms with van der Waals surface area (Å²) in [4.78, 5) is 4.68. The molecule has 0 aliphatic rings. The van der Waals surface area contributed by atoms with E-state index in [0.717, 1.165) is 34.8 Å². The number of hydrogen-bond acceptors (Lipinski definition) is 4. The Morgan fingerprint density at radius 2 is 1.89 bits per heavy atom. The van der Waals surface area contributed by atoms with Gasteiger partial charge in [0.15, 0.2) is 5.96 Å². The van der Waals surface area contributed by atoms with Crippen molar-refractivity contribution in [1.82, 2.24) is 10.6 Å². The molecular formula is C22H33N3O3. The minimum Gasteiger partial charge on any atom is -0.466 e. The highest BCUT2D eigenvalue weighted by atomic mass is 16.5. The molecule has 0 spiro atoms. The number of rotatable bonds is 9. The van der Waals surface area contributed by atoms with Gasteiger partial charge in [-0.3, -0.25) is 0 Å². The van der Waals surface area contributed by atoms with Gasteiger partial charge in [0.05, 0.1) is 19.7 Å². The summed E-state index contributed by atoms with van der Waals surface area (Å²) in [6, 6.07) is 10.0. The third-order valence-corrected chi connectivity index (χ3v) is 4.55. The van der Waals surface area contributed by atoms with Crippen LogP contribution in [0.4, 0.5) is 0 Å². The molecule has 1 unspecified atom stereocenters. The lowest BCUT2D eigenvalue weighted by molar-refractivity contribution is 0.0601. The average Bonchev–Trinajstić information content (AvgIpc) is 3.02. The Bertz CT molecular complexity index is 781. The Kier molecular flexibility index (Phi) is 8.08. The van der Waals surface area contributed by atoms with E-state index in [9.17, 15) is 5.11 Å². The van der Waals surface area contributed by atoms with Crippen LogP contribution >= 0.6 is 0 Å². The first-order valence-electron chi connectivity index (χ1n) is 9.84. The maximum absolute atomic E-state index is 10.9. The molecule has 0 saturated heterocycles. The lowest BCUT2D eigenvalue weighted by Gasteiger charge is -2.24. The summed E-state index contributed by atoms with van der Waals surface area (Å²) >= 11 is 0. The molecule has 0 saturated carbocycles. The van der Waals surface area contributed by atoms with Crippen molar-refractivity contribution in [3.63, 3.8) is 0 Å². The van der Waals surface area contributed by atoms with Gasteiger partial charge in [0.2, 0.25) is 0 Å². The van der Waals surface area contributed by atoms with Crippen LogP contribution in [0.2, 0.25) is 0 Å². The highest BCUT2D eigenvalue weighted by Gasteiger charge is 2.27. The summed E-state index contributed by atoms with van der Waals surface area (Å²) in [5.41, 5.74) is 1.99. The normalized spacial score (nSPS) is 14.0. The first-order valence-corrected chi connectivity index (χ1v) is 9.84. The molecule has 1 aromatic heterocycles. The smallest absolute Gasteiger partial charge is 0.191 e. The molecule has 1 atom stereocenters. The minimum atomic E-state index is -1.06. The summed E-state index contributed by atoms with van der Waals surface area (Å²) in [5, 5.41) is 17.4. The van der Waals surface area contributed by atoms with Gasteiger partial charge in [0.25, 0.3) is 0 Å². The van der Waals surface area contributed by atoms with Crippen LogP contribution in [0, 0.1) is 13.8 Å². The van der Waals surface area contributed by atoms with Gasteiger partial charge < -0.3 is 24.9 Å². The Morgan fingerprint density at radius 3 is 2.50 bits per heavy atom. The zero-order valence-electron chi connectivity index (χ0n) is 17.6. The highest BCUT2D eigenvalue weighted by molar-refractivity contribution is 5.79. The number of nitrogens with one attached hydrogen (secondary N) is 2. The van der Waals surface area contributed by atoms with E-state index in [1.54, 1.807) is 6.92 Å². The molecule has 3 N–H and O–H groups in total. The molecule has 0 aliphatic carbocycles. The van der Waals surface area contributed by atoms with Crippen LogP contribution < -0.4 is 10.6 Å². The monoisotopic (exact) mass is 387 g/mol. The molecule has 1 aromatic carbocycles. The van der Waals surface area contributed by atoms with Crippen LogP contribution in [-0.2, 0) is 23.5 Å². The number of ether oxygens (including phenoxy) is 1. The number of aliphatic imine (C=N–C) groups is 1. The molecule has 1 heterocycles. The van der Waals surface area contributed by atoms with Gasteiger partial charge in [-0.25, -0.2) is 4.99 Å². The Labute approximate surface area is 168 Å². The largest absolute Gasteiger partial charge is 0.466 e. The van der Waals surface area contributed by atoms with Crippen molar-refractivity contribution in [2.24, 2.45) is 4.99 Å². The second-order valence-electron chi connectivity index (χ2n) is 7.06. The zero-order chi connectivity index (χ0) is 20.6. The van der Waals surface area contributed by atoms with Crippen LogP contribution in [0.1, 0.15) is 49.0 Å². The quantitative estimate of drug-likeness (QED) is 0.454. The average molecular weight is 388 g/mol. The number of nitrogens with zero attached hydrogens (tertiary/aromatic N) is 1. The van der Waals surface area contributed by atoms with Crippen molar-refractivity contribution in [3.05, 3.63) is 58.5 Å². The lowest BCUT2D eigenvalue weighted by atomic mass is 9.96. The van der Waals surface area contributed by atoms with E-state index >= 15 is 0 Å². The van der Waals surface area contributed by atoms with Gasteiger partial charge in [0.1, 0.15) is 17.1 Å². The maximum atomic E-state index is 10.9. The fraction of sp³-hybridized carbons (Fsp3) is 0.500. The van der Waals surface area contributed by atoms with Gasteiger partial charge >= 0.3 is 0 Å². The first kappa shape index (κ1) is 22.0. The van der Waals surface area contributed by atoms with Crippen molar-refractivity contribution in [2.45, 2.75) is 53.4 Å². The summed E-state index contributed by atoms with van der Waals surface area (Å²) in [6.45, 7) is 12.4. The fourth-order valence-corrected chi connectivity index (χ4v) is 3.09. The summed E-state index contributed by atoms with van der Waals surface area (Å²) in [6.07, 6.45) is 0. The van der Waals surface area contributed by atoms with Crippen LogP contribution in [-0.4, -0.2) is 30.8 Å². The van der Waals surface area contributed by atoms with E-state index in [1.807, 2.05) is 45.9 Å². The predicted molar refractivity (Wildman–Crippen MR) is 112 cm³/mol. The van der Waals surface area contributed by atoms with Crippen molar-refractivity contribution in [3.8, 4) is 0 Å². The molecule has 0 radical (unpaired) electrons. The molecule has 2 aromatic rings. The van der Waals surface area contributed by atoms with Crippen LogP contribution in [0.3, 0.4) is 0 Å². The topological polar surface area (TPSA) is 79.0 Å². The van der Waals surface area contributed by atoms with E-state index in [-0.39, 0.29) is 0 Å².